The van der Waals surface area contributed by atoms with Gasteiger partial charge in [0.2, 0.25) is 0 Å². The van der Waals surface area contributed by atoms with Gasteiger partial charge in [-0.05, 0) is 49.1 Å². The molecule has 12 heteroatoms. The van der Waals surface area contributed by atoms with Crippen molar-refractivity contribution in [3.63, 3.8) is 0 Å². The lowest BCUT2D eigenvalue weighted by Crippen LogP contribution is -2.19. The van der Waals surface area contributed by atoms with Gasteiger partial charge in [-0.15, -0.1) is 0 Å². The first-order valence-corrected chi connectivity index (χ1v) is 19.3. The molecule has 0 aliphatic heterocycles. The minimum absolute atomic E-state index is 0.110. The number of hydrogen-bond donors (Lipinski definition) is 0. The van der Waals surface area contributed by atoms with E-state index >= 15 is 0 Å². The number of hydrogen-bond acceptors (Lipinski definition) is 12. The van der Waals surface area contributed by atoms with Crippen molar-refractivity contribution in [2.75, 3.05) is 139 Å². The predicted molar refractivity (Wildman–Crippen MR) is 213 cm³/mol. The Morgan fingerprint density at radius 3 is 1.09 bits per heavy atom. The molecule has 0 radical (unpaired) electrons. The van der Waals surface area contributed by atoms with Crippen LogP contribution in [0.3, 0.4) is 0 Å². The minimum Gasteiger partial charge on any atom is -0.491 e. The lowest BCUT2D eigenvalue weighted by molar-refractivity contribution is -0.292. The summed E-state index contributed by atoms with van der Waals surface area (Å²) < 4.78 is 55.4. The maximum Gasteiger partial charge on any atom is 0.119 e. The lowest BCUT2D eigenvalue weighted by atomic mass is 9.78. The van der Waals surface area contributed by atoms with Gasteiger partial charge < -0.3 is 47.4 Å². The van der Waals surface area contributed by atoms with Crippen LogP contribution in [0.2, 0.25) is 0 Å². The van der Waals surface area contributed by atoms with E-state index in [2.05, 4.69) is 70.3 Å². The summed E-state index contributed by atoms with van der Waals surface area (Å²) in [4.78, 5) is 9.86. The molecule has 2 rings (SSSR count). The summed E-state index contributed by atoms with van der Waals surface area (Å²) in [5.74, 6) is 0.829. The Morgan fingerprint density at radius 1 is 0.418 bits per heavy atom. The summed E-state index contributed by atoms with van der Waals surface area (Å²) in [5, 5.41) is 0. The topological polar surface area (TPSA) is 111 Å². The molecule has 312 valence electrons. The van der Waals surface area contributed by atoms with E-state index in [1.807, 2.05) is 19.1 Å². The molecule has 0 aromatic heterocycles. The van der Waals surface area contributed by atoms with Gasteiger partial charge >= 0.3 is 0 Å². The van der Waals surface area contributed by atoms with E-state index in [1.54, 1.807) is 0 Å². The number of benzene rings is 2. The molecule has 0 aliphatic carbocycles. The van der Waals surface area contributed by atoms with Crippen LogP contribution in [-0.4, -0.2) is 139 Å². The van der Waals surface area contributed by atoms with Crippen molar-refractivity contribution >= 4 is 0 Å². The van der Waals surface area contributed by atoms with Crippen LogP contribution in [0.1, 0.15) is 44.4 Å². The fraction of sp³-hybridized carbons (Fsp3) is 0.628. The normalized spacial score (nSPS) is 11.6. The van der Waals surface area contributed by atoms with Gasteiger partial charge in [0.25, 0.3) is 0 Å². The maximum atomic E-state index is 5.87. The van der Waals surface area contributed by atoms with Crippen molar-refractivity contribution in [1.82, 2.24) is 0 Å². The van der Waals surface area contributed by atoms with E-state index in [0.29, 0.717) is 139 Å². The van der Waals surface area contributed by atoms with Crippen LogP contribution in [0.15, 0.2) is 72.8 Å². The van der Waals surface area contributed by atoms with Gasteiger partial charge in [-0.2, -0.15) is 0 Å². The molecule has 0 spiro atoms. The highest BCUT2D eigenvalue weighted by atomic mass is 17.2. The summed E-state index contributed by atoms with van der Waals surface area (Å²) in [7, 11) is 0. The van der Waals surface area contributed by atoms with Gasteiger partial charge in [0.15, 0.2) is 0 Å². The van der Waals surface area contributed by atoms with E-state index in [9.17, 15) is 0 Å². The standard InChI is InChI=1S/C43H68O12/c1-37(2)35-39-7-9-40(10-8-39)43(5,6)41-11-13-42(14-12-41)53-33-31-51-29-27-49-25-23-47-21-19-45-17-15-44-16-18-46-20-22-48-24-26-50-28-30-52-32-34-54-55-36-38(3)4/h7-14H,1,3,15-36H2,2,4-6H3. The Labute approximate surface area is 330 Å². The summed E-state index contributed by atoms with van der Waals surface area (Å²) in [6, 6.07) is 17.1. The Bertz CT molecular complexity index is 1220. The molecule has 2 aromatic rings. The molecule has 0 atom stereocenters. The molecule has 12 nitrogen and oxygen atoms in total. The zero-order valence-electron chi connectivity index (χ0n) is 34.0. The molecule has 0 aliphatic rings. The Hall–Kier alpha value is -2.72. The first-order chi connectivity index (χ1) is 26.8. The quantitative estimate of drug-likeness (QED) is 0.0336. The monoisotopic (exact) mass is 776 g/mol. The zero-order valence-corrected chi connectivity index (χ0v) is 34.0. The molecule has 0 heterocycles. The van der Waals surface area contributed by atoms with Gasteiger partial charge in [0, 0.05) is 5.41 Å². The second-order valence-electron chi connectivity index (χ2n) is 13.4. The van der Waals surface area contributed by atoms with E-state index in [4.69, 9.17) is 57.1 Å². The Balaban J connectivity index is 1.27. The fourth-order valence-electron chi connectivity index (χ4n) is 4.90. The highest BCUT2D eigenvalue weighted by Crippen LogP contribution is 2.32. The Kier molecular flexibility index (Phi) is 28.5. The predicted octanol–water partition coefficient (Wildman–Crippen LogP) is 6.18. The minimum atomic E-state index is -0.110. The fourth-order valence-corrected chi connectivity index (χ4v) is 4.90. The average Bonchev–Trinajstić information content (AvgIpc) is 3.16. The molecule has 0 bridgehead atoms. The van der Waals surface area contributed by atoms with Crippen LogP contribution in [0.4, 0.5) is 0 Å². The molecule has 55 heavy (non-hydrogen) atoms. The summed E-state index contributed by atoms with van der Waals surface area (Å²) in [5.41, 5.74) is 5.76. The van der Waals surface area contributed by atoms with Crippen LogP contribution < -0.4 is 4.74 Å². The highest BCUT2D eigenvalue weighted by molar-refractivity contribution is 5.41. The van der Waals surface area contributed by atoms with Crippen molar-refractivity contribution in [3.05, 3.63) is 89.5 Å². The molecule has 0 N–H and O–H groups in total. The van der Waals surface area contributed by atoms with Crippen molar-refractivity contribution < 1.29 is 57.1 Å². The smallest absolute Gasteiger partial charge is 0.119 e. The van der Waals surface area contributed by atoms with Gasteiger partial charge in [-0.25, -0.2) is 9.78 Å². The van der Waals surface area contributed by atoms with Gasteiger partial charge in [-0.1, -0.05) is 74.5 Å². The second-order valence-corrected chi connectivity index (χ2v) is 13.4. The SMILES string of the molecule is C=C(C)COOCCOCCOCCOCCOCCOCCOCCOCCOCCOCCOc1ccc(C(C)(C)c2ccc(CC(=C)C)cc2)cc1. The third-order valence-corrected chi connectivity index (χ3v) is 7.93. The third-order valence-electron chi connectivity index (χ3n) is 7.93. The first-order valence-electron chi connectivity index (χ1n) is 19.3. The van der Waals surface area contributed by atoms with Crippen molar-refractivity contribution in [1.29, 1.82) is 0 Å². The molecule has 0 saturated heterocycles. The van der Waals surface area contributed by atoms with Crippen molar-refractivity contribution in [3.8, 4) is 5.75 Å². The number of rotatable bonds is 38. The first kappa shape index (κ1) is 48.4. The summed E-state index contributed by atoms with van der Waals surface area (Å²) >= 11 is 0. The molecule has 0 amide bonds. The van der Waals surface area contributed by atoms with E-state index in [0.717, 1.165) is 17.7 Å². The highest BCUT2D eigenvalue weighted by Gasteiger charge is 2.23. The van der Waals surface area contributed by atoms with Gasteiger partial charge in [-0.3, -0.25) is 0 Å². The van der Waals surface area contributed by atoms with Crippen molar-refractivity contribution in [2.45, 2.75) is 39.5 Å². The molecule has 0 unspecified atom stereocenters. The molecule has 0 fully saturated rings. The third kappa shape index (κ3) is 25.9. The average molecular weight is 777 g/mol. The largest absolute Gasteiger partial charge is 0.491 e. The van der Waals surface area contributed by atoms with Crippen molar-refractivity contribution in [2.24, 2.45) is 0 Å². The number of allylic oxidation sites excluding steroid dienone is 1. The molecule has 0 saturated carbocycles. The van der Waals surface area contributed by atoms with Crippen LogP contribution in [-0.2, 0) is 64.2 Å². The maximum absolute atomic E-state index is 5.87. The number of ether oxygens (including phenoxy) is 10. The molecule has 2 aromatic carbocycles. The van der Waals surface area contributed by atoms with Crippen LogP contribution in [0.5, 0.6) is 5.75 Å². The zero-order chi connectivity index (χ0) is 39.7. The van der Waals surface area contributed by atoms with Gasteiger partial charge in [0.1, 0.15) is 25.6 Å². The lowest BCUT2D eigenvalue weighted by Gasteiger charge is -2.26. The molecular formula is C43H68O12. The second kappa shape index (κ2) is 32.4. The Morgan fingerprint density at radius 2 is 0.745 bits per heavy atom. The van der Waals surface area contributed by atoms with Crippen LogP contribution >= 0.6 is 0 Å². The molecular weight excluding hydrogens is 708 g/mol. The summed E-state index contributed by atoms with van der Waals surface area (Å²) in [6.07, 6.45) is 0.912. The van der Waals surface area contributed by atoms with Crippen LogP contribution in [0.25, 0.3) is 0 Å². The van der Waals surface area contributed by atoms with Crippen LogP contribution in [0, 0.1) is 0 Å². The van der Waals surface area contributed by atoms with E-state index in [1.165, 1.54) is 22.3 Å². The van der Waals surface area contributed by atoms with E-state index < -0.39 is 0 Å². The van der Waals surface area contributed by atoms with Gasteiger partial charge in [0.05, 0.1) is 119 Å². The summed E-state index contributed by atoms with van der Waals surface area (Å²) in [6.45, 7) is 26.3. The van der Waals surface area contributed by atoms with E-state index in [-0.39, 0.29) is 5.41 Å².